The fraction of sp³-hybridized carbons (Fsp3) is 0.158. The van der Waals surface area contributed by atoms with Crippen LogP contribution in [-0.2, 0) is 14.9 Å². The molecule has 3 rings (SSSR count). The Hall–Kier alpha value is -2.16. The minimum absolute atomic E-state index is 0.0855. The maximum Gasteiger partial charge on any atom is 0.339 e. The van der Waals surface area contributed by atoms with Crippen LogP contribution >= 0.6 is 24.0 Å². The van der Waals surface area contributed by atoms with Crippen LogP contribution in [0.5, 0.6) is 5.75 Å². The molecule has 1 aliphatic rings. The van der Waals surface area contributed by atoms with E-state index in [1.54, 1.807) is 42.5 Å². The number of likely N-dealkylation sites (N-methyl/N-ethyl adjacent to an activating group) is 1. The molecular formula is C19H17NO4S3. The molecule has 8 heteroatoms. The van der Waals surface area contributed by atoms with Crippen molar-refractivity contribution in [3.63, 3.8) is 0 Å². The van der Waals surface area contributed by atoms with Crippen LogP contribution in [0.25, 0.3) is 6.08 Å². The predicted octanol–water partition coefficient (Wildman–Crippen LogP) is 3.98. The molecule has 2 aromatic carbocycles. The predicted molar refractivity (Wildman–Crippen MR) is 111 cm³/mol. The second-order valence-corrected chi connectivity index (χ2v) is 9.07. The molecule has 0 radical (unpaired) electrons. The molecule has 0 N–H and O–H groups in total. The van der Waals surface area contributed by atoms with Crippen molar-refractivity contribution in [2.75, 3.05) is 6.54 Å². The van der Waals surface area contributed by atoms with E-state index in [9.17, 15) is 13.2 Å². The molecule has 1 saturated heterocycles. The quantitative estimate of drug-likeness (QED) is 0.415. The van der Waals surface area contributed by atoms with Crippen molar-refractivity contribution in [3.8, 4) is 5.75 Å². The third-order valence-electron chi connectivity index (χ3n) is 3.86. The SMILES string of the molecule is CCN1C(=O)/C(=C\c2cccc(OS(=O)(=O)c3ccc(C)cc3)c2)SC1=S. The van der Waals surface area contributed by atoms with Gasteiger partial charge in [-0.05, 0) is 49.8 Å². The van der Waals surface area contributed by atoms with Crippen LogP contribution < -0.4 is 4.18 Å². The summed E-state index contributed by atoms with van der Waals surface area (Å²) in [4.78, 5) is 14.4. The Balaban J connectivity index is 1.84. The Morgan fingerprint density at radius 3 is 2.52 bits per heavy atom. The number of thiocarbonyl (C=S) groups is 1. The summed E-state index contributed by atoms with van der Waals surface area (Å²) in [5, 5.41) is 0. The first-order valence-corrected chi connectivity index (χ1v) is 10.8. The van der Waals surface area contributed by atoms with E-state index in [1.165, 1.54) is 28.8 Å². The number of rotatable bonds is 5. The van der Waals surface area contributed by atoms with E-state index in [0.717, 1.165) is 5.56 Å². The molecule has 140 valence electrons. The summed E-state index contributed by atoms with van der Waals surface area (Å²) in [6, 6.07) is 13.0. The first kappa shape index (κ1) is 19.6. The van der Waals surface area contributed by atoms with Gasteiger partial charge in [0.15, 0.2) is 0 Å². The Kier molecular flexibility index (Phi) is 5.69. The molecule has 2 aromatic rings. The maximum absolute atomic E-state index is 12.4. The van der Waals surface area contributed by atoms with Crippen LogP contribution in [0.3, 0.4) is 0 Å². The van der Waals surface area contributed by atoms with E-state index < -0.39 is 10.1 Å². The highest BCUT2D eigenvalue weighted by molar-refractivity contribution is 8.26. The summed E-state index contributed by atoms with van der Waals surface area (Å²) in [7, 11) is -3.93. The second kappa shape index (κ2) is 7.84. The normalized spacial score (nSPS) is 16.2. The molecule has 5 nitrogen and oxygen atoms in total. The van der Waals surface area contributed by atoms with E-state index in [-0.39, 0.29) is 16.6 Å². The molecule has 0 aromatic heterocycles. The molecule has 0 saturated carbocycles. The lowest BCUT2D eigenvalue weighted by Gasteiger charge is -2.09. The third kappa shape index (κ3) is 4.40. The maximum atomic E-state index is 12.4. The Labute approximate surface area is 168 Å². The number of thioether (sulfide) groups is 1. The zero-order chi connectivity index (χ0) is 19.6. The lowest BCUT2D eigenvalue weighted by molar-refractivity contribution is -0.121. The summed E-state index contributed by atoms with van der Waals surface area (Å²) in [6.07, 6.45) is 1.68. The lowest BCUT2D eigenvalue weighted by atomic mass is 10.2. The highest BCUT2D eigenvalue weighted by atomic mass is 32.2. The first-order valence-electron chi connectivity index (χ1n) is 8.17. The zero-order valence-electron chi connectivity index (χ0n) is 14.7. The highest BCUT2D eigenvalue weighted by Gasteiger charge is 2.30. The van der Waals surface area contributed by atoms with Gasteiger partial charge in [-0.25, -0.2) is 0 Å². The fourth-order valence-corrected chi connectivity index (χ4v) is 4.77. The topological polar surface area (TPSA) is 63.7 Å². The van der Waals surface area contributed by atoms with Gasteiger partial charge in [0.05, 0.1) is 4.91 Å². The standard InChI is InChI=1S/C19H17NO4S3/c1-3-20-18(21)17(26-19(20)25)12-14-5-4-6-15(11-14)24-27(22,23)16-9-7-13(2)8-10-16/h4-12H,3H2,1-2H3/b17-12+. The fourth-order valence-electron chi connectivity index (χ4n) is 2.46. The molecule has 0 aliphatic carbocycles. The smallest absolute Gasteiger partial charge is 0.339 e. The number of carbonyl (C=O) groups is 1. The van der Waals surface area contributed by atoms with Crippen LogP contribution in [0.15, 0.2) is 58.3 Å². The van der Waals surface area contributed by atoms with Gasteiger partial charge in [-0.2, -0.15) is 8.42 Å². The van der Waals surface area contributed by atoms with Crippen molar-refractivity contribution < 1.29 is 17.4 Å². The summed E-state index contributed by atoms with van der Waals surface area (Å²) >= 11 is 6.42. The Morgan fingerprint density at radius 1 is 1.19 bits per heavy atom. The molecular weight excluding hydrogens is 402 g/mol. The molecule has 0 bridgehead atoms. The number of aryl methyl sites for hydroxylation is 1. The van der Waals surface area contributed by atoms with Crippen molar-refractivity contribution >= 4 is 50.4 Å². The summed E-state index contributed by atoms with van der Waals surface area (Å²) < 4.78 is 30.6. The summed E-state index contributed by atoms with van der Waals surface area (Å²) in [5.41, 5.74) is 1.61. The van der Waals surface area contributed by atoms with Gasteiger partial charge in [-0.15, -0.1) is 0 Å². The molecule has 27 heavy (non-hydrogen) atoms. The largest absolute Gasteiger partial charge is 0.379 e. The van der Waals surface area contributed by atoms with Gasteiger partial charge in [0, 0.05) is 6.54 Å². The molecule has 1 heterocycles. The van der Waals surface area contributed by atoms with Crippen molar-refractivity contribution in [2.24, 2.45) is 0 Å². The second-order valence-electron chi connectivity index (χ2n) is 5.85. The lowest BCUT2D eigenvalue weighted by Crippen LogP contribution is -2.27. The molecule has 0 unspecified atom stereocenters. The molecule has 0 atom stereocenters. The Morgan fingerprint density at radius 2 is 1.89 bits per heavy atom. The highest BCUT2D eigenvalue weighted by Crippen LogP contribution is 2.32. The van der Waals surface area contributed by atoms with E-state index in [2.05, 4.69) is 0 Å². The minimum atomic E-state index is -3.93. The number of hydrogen-bond donors (Lipinski definition) is 0. The minimum Gasteiger partial charge on any atom is -0.379 e. The van der Waals surface area contributed by atoms with Crippen LogP contribution in [-0.4, -0.2) is 30.1 Å². The van der Waals surface area contributed by atoms with Gasteiger partial charge >= 0.3 is 10.1 Å². The average Bonchev–Trinajstić information content (AvgIpc) is 2.88. The summed E-state index contributed by atoms with van der Waals surface area (Å²) in [6.45, 7) is 4.25. The third-order valence-corrected chi connectivity index (χ3v) is 6.50. The number of nitrogens with zero attached hydrogens (tertiary/aromatic N) is 1. The van der Waals surface area contributed by atoms with Crippen molar-refractivity contribution in [3.05, 3.63) is 64.6 Å². The van der Waals surface area contributed by atoms with Gasteiger partial charge < -0.3 is 4.18 Å². The molecule has 1 fully saturated rings. The van der Waals surface area contributed by atoms with E-state index in [4.69, 9.17) is 16.4 Å². The van der Waals surface area contributed by atoms with Gasteiger partial charge in [0.25, 0.3) is 5.91 Å². The zero-order valence-corrected chi connectivity index (χ0v) is 17.2. The monoisotopic (exact) mass is 419 g/mol. The van der Waals surface area contributed by atoms with Crippen molar-refractivity contribution in [1.29, 1.82) is 0 Å². The van der Waals surface area contributed by atoms with Gasteiger partial charge in [-0.3, -0.25) is 9.69 Å². The van der Waals surface area contributed by atoms with Gasteiger partial charge in [0.2, 0.25) is 0 Å². The first-order chi connectivity index (χ1) is 12.8. The van der Waals surface area contributed by atoms with Gasteiger partial charge in [0.1, 0.15) is 15.0 Å². The van der Waals surface area contributed by atoms with E-state index in [1.807, 2.05) is 13.8 Å². The van der Waals surface area contributed by atoms with Crippen molar-refractivity contribution in [2.45, 2.75) is 18.7 Å². The molecule has 0 spiro atoms. The van der Waals surface area contributed by atoms with Crippen LogP contribution in [0, 0.1) is 6.92 Å². The summed E-state index contributed by atoms with van der Waals surface area (Å²) in [5.74, 6) is 0.0291. The van der Waals surface area contributed by atoms with E-state index in [0.29, 0.717) is 21.3 Å². The molecule has 1 amide bonds. The van der Waals surface area contributed by atoms with Crippen LogP contribution in [0.1, 0.15) is 18.1 Å². The number of carbonyl (C=O) groups excluding carboxylic acids is 1. The Bertz CT molecular complexity index is 1030. The van der Waals surface area contributed by atoms with E-state index >= 15 is 0 Å². The average molecular weight is 420 g/mol. The van der Waals surface area contributed by atoms with Gasteiger partial charge in [-0.1, -0.05) is 53.8 Å². The van der Waals surface area contributed by atoms with Crippen molar-refractivity contribution in [1.82, 2.24) is 4.90 Å². The number of amides is 1. The van der Waals surface area contributed by atoms with Crippen LogP contribution in [0.2, 0.25) is 0 Å². The number of hydrogen-bond acceptors (Lipinski definition) is 6. The molecule has 1 aliphatic heterocycles. The van der Waals surface area contributed by atoms with Crippen LogP contribution in [0.4, 0.5) is 0 Å². The number of benzene rings is 2.